The zero-order valence-electron chi connectivity index (χ0n) is 31.6. The first-order valence-corrected chi connectivity index (χ1v) is 21.7. The Kier molecular flexibility index (Phi) is 35.2. The van der Waals surface area contributed by atoms with Gasteiger partial charge in [0.1, 0.15) is 6.61 Å². The third-order valence-corrected chi connectivity index (χ3v) is 9.22. The lowest BCUT2D eigenvalue weighted by Gasteiger charge is -2.18. The molecule has 9 heteroatoms. The van der Waals surface area contributed by atoms with Gasteiger partial charge in [-0.05, 0) is 32.1 Å². The normalized spacial score (nSPS) is 12.7. The Labute approximate surface area is 300 Å². The van der Waals surface area contributed by atoms with Gasteiger partial charge < -0.3 is 19.3 Å². The maximum Gasteiger partial charge on any atom is 0.469 e. The molecule has 0 amide bonds. The number of esters is 2. The maximum atomic E-state index is 12.3. The molecular formula is C40H75O8P. The molecule has 0 heterocycles. The van der Waals surface area contributed by atoms with Gasteiger partial charge in [-0.3, -0.25) is 14.1 Å². The standard InChI is InChI=1S/C40H75O8P/c1-3-5-7-9-11-13-15-17-18-19-20-21-23-24-26-28-30-32-34-39(41)46-36-38(37-47-49(43,44)45)48-40(42)35-33-31-29-27-25-22-16-14-12-10-8-6-4-2/h22,25,29,31,38H,3-21,23-24,26-28,30,32-37H2,1-2H3,(H2,43,44,45)/b25-22+,31-29+. The van der Waals surface area contributed by atoms with Crippen LogP contribution in [0.1, 0.15) is 200 Å². The van der Waals surface area contributed by atoms with Crippen molar-refractivity contribution in [1.29, 1.82) is 0 Å². The van der Waals surface area contributed by atoms with Crippen LogP contribution in [0.3, 0.4) is 0 Å². The molecule has 49 heavy (non-hydrogen) atoms. The number of carbonyl (C=O) groups excluding carboxylic acids is 2. The summed E-state index contributed by atoms with van der Waals surface area (Å²) in [7, 11) is -4.76. The van der Waals surface area contributed by atoms with Gasteiger partial charge in [0, 0.05) is 12.8 Å². The van der Waals surface area contributed by atoms with E-state index in [1.54, 1.807) is 0 Å². The fourth-order valence-electron chi connectivity index (χ4n) is 5.72. The average molecular weight is 715 g/mol. The lowest BCUT2D eigenvalue weighted by molar-refractivity contribution is -0.161. The molecule has 0 spiro atoms. The third-order valence-electron chi connectivity index (χ3n) is 8.74. The monoisotopic (exact) mass is 715 g/mol. The number of hydrogen-bond donors (Lipinski definition) is 2. The Morgan fingerprint density at radius 2 is 0.959 bits per heavy atom. The second kappa shape index (κ2) is 36.3. The number of ether oxygens (including phenoxy) is 2. The van der Waals surface area contributed by atoms with Crippen LogP contribution in [0.4, 0.5) is 0 Å². The van der Waals surface area contributed by atoms with E-state index in [-0.39, 0.29) is 19.4 Å². The molecule has 0 rings (SSSR count). The predicted octanol–water partition coefficient (Wildman–Crippen LogP) is 12.0. The summed E-state index contributed by atoms with van der Waals surface area (Å²) < 4.78 is 26.3. The second-order valence-electron chi connectivity index (χ2n) is 13.6. The molecular weight excluding hydrogens is 639 g/mol. The fraction of sp³-hybridized carbons (Fsp3) is 0.850. The Balaban J connectivity index is 3.94. The van der Waals surface area contributed by atoms with Gasteiger partial charge in [-0.1, -0.05) is 179 Å². The molecule has 0 radical (unpaired) electrons. The molecule has 0 aromatic heterocycles. The number of phosphoric ester groups is 1. The molecule has 8 nitrogen and oxygen atoms in total. The quantitative estimate of drug-likeness (QED) is 0.0282. The third kappa shape index (κ3) is 39.2. The van der Waals surface area contributed by atoms with E-state index in [2.05, 4.69) is 30.5 Å². The van der Waals surface area contributed by atoms with E-state index in [1.165, 1.54) is 135 Å². The Bertz CT molecular complexity index is 853. The predicted molar refractivity (Wildman–Crippen MR) is 202 cm³/mol. The van der Waals surface area contributed by atoms with Gasteiger partial charge >= 0.3 is 19.8 Å². The van der Waals surface area contributed by atoms with Crippen LogP contribution in [0.15, 0.2) is 24.3 Å². The van der Waals surface area contributed by atoms with E-state index < -0.39 is 32.5 Å². The van der Waals surface area contributed by atoms with E-state index in [4.69, 9.17) is 19.3 Å². The lowest BCUT2D eigenvalue weighted by Crippen LogP contribution is -2.29. The Hall–Kier alpha value is -1.47. The van der Waals surface area contributed by atoms with E-state index >= 15 is 0 Å². The van der Waals surface area contributed by atoms with Crippen molar-refractivity contribution in [3.8, 4) is 0 Å². The second-order valence-corrected chi connectivity index (χ2v) is 14.9. The van der Waals surface area contributed by atoms with Crippen LogP contribution < -0.4 is 0 Å². The maximum absolute atomic E-state index is 12.3. The molecule has 0 aromatic carbocycles. The summed E-state index contributed by atoms with van der Waals surface area (Å²) in [6.45, 7) is 3.64. The van der Waals surface area contributed by atoms with Gasteiger partial charge in [0.15, 0.2) is 6.10 Å². The summed E-state index contributed by atoms with van der Waals surface area (Å²) in [5.41, 5.74) is 0. The van der Waals surface area contributed by atoms with E-state index in [1.807, 2.05) is 12.2 Å². The van der Waals surface area contributed by atoms with E-state index in [0.29, 0.717) is 6.42 Å². The Morgan fingerprint density at radius 1 is 0.531 bits per heavy atom. The first-order chi connectivity index (χ1) is 23.8. The number of carbonyl (C=O) groups is 2. The summed E-state index contributed by atoms with van der Waals surface area (Å²) in [5, 5.41) is 0. The van der Waals surface area contributed by atoms with Gasteiger partial charge in [0.05, 0.1) is 6.61 Å². The van der Waals surface area contributed by atoms with E-state index in [9.17, 15) is 14.2 Å². The number of rotatable bonds is 37. The van der Waals surface area contributed by atoms with Gasteiger partial charge in [-0.25, -0.2) is 4.57 Å². The van der Waals surface area contributed by atoms with Crippen molar-refractivity contribution in [2.75, 3.05) is 13.2 Å². The minimum atomic E-state index is -4.76. The topological polar surface area (TPSA) is 119 Å². The summed E-state index contributed by atoms with van der Waals surface area (Å²) in [4.78, 5) is 42.7. The van der Waals surface area contributed by atoms with Crippen molar-refractivity contribution in [1.82, 2.24) is 0 Å². The molecule has 0 aliphatic rings. The van der Waals surface area contributed by atoms with Crippen LogP contribution >= 0.6 is 7.82 Å². The van der Waals surface area contributed by atoms with Gasteiger partial charge in [-0.15, -0.1) is 0 Å². The number of allylic oxidation sites excluding steroid dienone is 4. The molecule has 0 fully saturated rings. The van der Waals surface area contributed by atoms with Crippen molar-refractivity contribution in [2.45, 2.75) is 206 Å². The number of phosphoric acid groups is 1. The highest BCUT2D eigenvalue weighted by Gasteiger charge is 2.22. The molecule has 0 aromatic rings. The summed E-state index contributed by atoms with van der Waals surface area (Å²) in [5.74, 6) is -0.955. The summed E-state index contributed by atoms with van der Waals surface area (Å²) in [6, 6.07) is 0. The van der Waals surface area contributed by atoms with E-state index in [0.717, 1.165) is 32.1 Å². The van der Waals surface area contributed by atoms with Crippen LogP contribution in [-0.4, -0.2) is 41.0 Å². The lowest BCUT2D eigenvalue weighted by atomic mass is 10.0. The first-order valence-electron chi connectivity index (χ1n) is 20.1. The van der Waals surface area contributed by atoms with Crippen LogP contribution in [-0.2, 0) is 28.2 Å². The minimum absolute atomic E-state index is 0.109. The van der Waals surface area contributed by atoms with Crippen molar-refractivity contribution in [3.63, 3.8) is 0 Å². The van der Waals surface area contributed by atoms with Crippen LogP contribution in [0.25, 0.3) is 0 Å². The highest BCUT2D eigenvalue weighted by atomic mass is 31.2. The highest BCUT2D eigenvalue weighted by Crippen LogP contribution is 2.36. The van der Waals surface area contributed by atoms with Gasteiger partial charge in [0.2, 0.25) is 0 Å². The average Bonchev–Trinajstić information content (AvgIpc) is 3.07. The Morgan fingerprint density at radius 3 is 1.43 bits per heavy atom. The minimum Gasteiger partial charge on any atom is -0.462 e. The van der Waals surface area contributed by atoms with Crippen molar-refractivity contribution in [3.05, 3.63) is 24.3 Å². The number of hydrogen-bond acceptors (Lipinski definition) is 6. The van der Waals surface area contributed by atoms with Crippen molar-refractivity contribution >= 4 is 19.8 Å². The zero-order chi connectivity index (χ0) is 36.1. The molecule has 1 unspecified atom stereocenters. The molecule has 2 N–H and O–H groups in total. The highest BCUT2D eigenvalue weighted by molar-refractivity contribution is 7.46. The molecule has 0 saturated heterocycles. The van der Waals surface area contributed by atoms with Crippen molar-refractivity contribution in [2.24, 2.45) is 0 Å². The molecule has 0 bridgehead atoms. The largest absolute Gasteiger partial charge is 0.469 e. The van der Waals surface area contributed by atoms with Crippen LogP contribution in [0.2, 0.25) is 0 Å². The summed E-state index contributed by atoms with van der Waals surface area (Å²) in [6.07, 6.45) is 40.6. The molecule has 288 valence electrons. The van der Waals surface area contributed by atoms with Crippen molar-refractivity contribution < 1.29 is 37.9 Å². The van der Waals surface area contributed by atoms with Crippen LogP contribution in [0.5, 0.6) is 0 Å². The number of unbranched alkanes of at least 4 members (excludes halogenated alkanes) is 23. The molecule has 0 aliphatic carbocycles. The van der Waals surface area contributed by atoms with Gasteiger partial charge in [0.25, 0.3) is 0 Å². The van der Waals surface area contributed by atoms with Gasteiger partial charge in [-0.2, -0.15) is 0 Å². The fourth-order valence-corrected chi connectivity index (χ4v) is 6.08. The smallest absolute Gasteiger partial charge is 0.462 e. The SMILES string of the molecule is CCCCCCCC/C=C/C/C=C/CCC(=O)OC(COC(=O)CCCCCCCCCCCCCCCCCCCC)COP(=O)(O)O. The van der Waals surface area contributed by atoms with Crippen LogP contribution in [0, 0.1) is 0 Å². The molecule has 1 atom stereocenters. The first kappa shape index (κ1) is 47.5. The summed E-state index contributed by atoms with van der Waals surface area (Å²) >= 11 is 0. The molecule has 0 aliphatic heterocycles. The zero-order valence-corrected chi connectivity index (χ0v) is 32.5. The molecule has 0 saturated carbocycles.